The van der Waals surface area contributed by atoms with Crippen LogP contribution in [0.2, 0.25) is 0 Å². The average molecular weight is 296 g/mol. The van der Waals surface area contributed by atoms with E-state index >= 15 is 0 Å². The van der Waals surface area contributed by atoms with Crippen LogP contribution in [0.15, 0.2) is 12.5 Å². The minimum atomic E-state index is -3.17. The quantitative estimate of drug-likeness (QED) is 0.844. The molecule has 9 heteroatoms. The van der Waals surface area contributed by atoms with Gasteiger partial charge in [-0.15, -0.1) is 0 Å². The third-order valence-electron chi connectivity index (χ3n) is 3.73. The number of rotatable bonds is 3. The third kappa shape index (κ3) is 2.22. The first-order chi connectivity index (χ1) is 9.47. The molecule has 1 atom stereocenters. The van der Waals surface area contributed by atoms with Gasteiger partial charge >= 0.3 is 0 Å². The van der Waals surface area contributed by atoms with Crippen molar-refractivity contribution in [2.75, 3.05) is 31.3 Å². The molecule has 2 aromatic heterocycles. The van der Waals surface area contributed by atoms with Gasteiger partial charge in [-0.3, -0.25) is 5.10 Å². The Bertz CT molecular complexity index is 727. The van der Waals surface area contributed by atoms with E-state index < -0.39 is 10.0 Å². The lowest BCUT2D eigenvalue weighted by atomic mass is 10.3. The molecule has 0 aromatic carbocycles. The van der Waals surface area contributed by atoms with E-state index in [1.165, 1.54) is 16.9 Å². The molecule has 8 nitrogen and oxygen atoms in total. The molecule has 108 valence electrons. The van der Waals surface area contributed by atoms with Crippen LogP contribution in [0, 0.1) is 0 Å². The Hall–Kier alpha value is -1.74. The van der Waals surface area contributed by atoms with Crippen LogP contribution in [0.25, 0.3) is 11.0 Å². The summed E-state index contributed by atoms with van der Waals surface area (Å²) in [5.41, 5.74) is 0.690. The van der Waals surface area contributed by atoms with Gasteiger partial charge in [-0.2, -0.15) is 5.10 Å². The fourth-order valence-corrected chi connectivity index (χ4v) is 3.22. The van der Waals surface area contributed by atoms with Crippen molar-refractivity contribution in [3.8, 4) is 0 Å². The van der Waals surface area contributed by atoms with E-state index in [4.69, 9.17) is 0 Å². The summed E-state index contributed by atoms with van der Waals surface area (Å²) in [5, 5.41) is 7.63. The largest absolute Gasteiger partial charge is 0.354 e. The average Bonchev–Trinajstić information content (AvgIpc) is 3.05. The number of nitrogens with zero attached hydrogens (tertiary/aromatic N) is 5. The fourth-order valence-electron chi connectivity index (χ4n) is 2.51. The zero-order chi connectivity index (χ0) is 14.3. The van der Waals surface area contributed by atoms with Crippen molar-refractivity contribution in [3.63, 3.8) is 0 Å². The van der Waals surface area contributed by atoms with Gasteiger partial charge < -0.3 is 4.90 Å². The summed E-state index contributed by atoms with van der Waals surface area (Å²) >= 11 is 0. The molecule has 0 aliphatic carbocycles. The lowest BCUT2D eigenvalue weighted by molar-refractivity contribution is 0.393. The van der Waals surface area contributed by atoms with Gasteiger partial charge in [0.05, 0.1) is 17.8 Å². The molecule has 1 fully saturated rings. The fraction of sp³-hybridized carbons (Fsp3) is 0.545. The maximum atomic E-state index is 11.6. The smallest absolute Gasteiger partial charge is 0.211 e. The van der Waals surface area contributed by atoms with Gasteiger partial charge in [0.1, 0.15) is 12.1 Å². The van der Waals surface area contributed by atoms with Crippen molar-refractivity contribution in [3.05, 3.63) is 12.5 Å². The van der Waals surface area contributed by atoms with Crippen LogP contribution >= 0.6 is 0 Å². The second kappa shape index (κ2) is 4.67. The highest BCUT2D eigenvalue weighted by Gasteiger charge is 2.31. The molecule has 1 N–H and O–H groups in total. The second-order valence-corrected chi connectivity index (χ2v) is 7.04. The lowest BCUT2D eigenvalue weighted by Gasteiger charge is -2.23. The predicted octanol–water partition coefficient (Wildman–Crippen LogP) is -0.177. The van der Waals surface area contributed by atoms with Gasteiger partial charge in [0, 0.05) is 26.2 Å². The minimum Gasteiger partial charge on any atom is -0.354 e. The maximum absolute atomic E-state index is 11.6. The zero-order valence-corrected chi connectivity index (χ0v) is 12.1. The van der Waals surface area contributed by atoms with Crippen LogP contribution in [-0.4, -0.2) is 65.3 Å². The van der Waals surface area contributed by atoms with Gasteiger partial charge in [-0.05, 0) is 6.42 Å². The summed E-state index contributed by atoms with van der Waals surface area (Å²) in [6, 6.07) is -0.0260. The second-order valence-electron chi connectivity index (χ2n) is 5.00. The maximum Gasteiger partial charge on any atom is 0.211 e. The highest BCUT2D eigenvalue weighted by atomic mass is 32.2. The number of anilines is 1. The number of nitrogens with one attached hydrogen (secondary N) is 1. The third-order valence-corrected chi connectivity index (χ3v) is 5.07. The summed E-state index contributed by atoms with van der Waals surface area (Å²) in [6.45, 7) is 1.39. The van der Waals surface area contributed by atoms with Crippen LogP contribution in [-0.2, 0) is 10.0 Å². The standard InChI is InChI=1S/C11H16N6O2S/c1-16(20(2,18)19)8-3-4-17(6-8)11-9-5-14-15-10(9)12-7-13-11/h5,7-8H,3-4,6H2,1-2H3,(H,12,13,14,15). The Morgan fingerprint density at radius 1 is 1.45 bits per heavy atom. The highest BCUT2D eigenvalue weighted by Crippen LogP contribution is 2.26. The summed E-state index contributed by atoms with van der Waals surface area (Å²) in [6.07, 6.45) is 5.20. The Labute approximate surface area is 116 Å². The van der Waals surface area contributed by atoms with E-state index in [1.54, 1.807) is 13.2 Å². The predicted molar refractivity (Wildman–Crippen MR) is 74.9 cm³/mol. The monoisotopic (exact) mass is 296 g/mol. The molecule has 0 spiro atoms. The van der Waals surface area contributed by atoms with E-state index in [-0.39, 0.29) is 6.04 Å². The first kappa shape index (κ1) is 13.3. The first-order valence-corrected chi connectivity index (χ1v) is 8.13. The van der Waals surface area contributed by atoms with Crippen molar-refractivity contribution < 1.29 is 8.42 Å². The summed E-state index contributed by atoms with van der Waals surface area (Å²) in [5.74, 6) is 0.799. The molecule has 1 aliphatic heterocycles. The molecule has 0 bridgehead atoms. The Morgan fingerprint density at radius 2 is 2.25 bits per heavy atom. The van der Waals surface area contributed by atoms with E-state index in [0.29, 0.717) is 12.2 Å². The molecule has 3 rings (SSSR count). The number of H-pyrrole nitrogens is 1. The summed E-state index contributed by atoms with van der Waals surface area (Å²) in [7, 11) is -1.55. The number of fused-ring (bicyclic) bond motifs is 1. The number of aromatic amines is 1. The topological polar surface area (TPSA) is 95.1 Å². The number of aromatic nitrogens is 4. The van der Waals surface area contributed by atoms with E-state index in [9.17, 15) is 8.42 Å². The van der Waals surface area contributed by atoms with Gasteiger partial charge in [0.15, 0.2) is 5.65 Å². The first-order valence-electron chi connectivity index (χ1n) is 6.29. The van der Waals surface area contributed by atoms with Crippen molar-refractivity contribution in [1.29, 1.82) is 0 Å². The molecule has 1 aliphatic rings. The number of hydrogen-bond donors (Lipinski definition) is 1. The van der Waals surface area contributed by atoms with Crippen molar-refractivity contribution >= 4 is 26.9 Å². The van der Waals surface area contributed by atoms with Crippen LogP contribution in [0.5, 0.6) is 0 Å². The Kier molecular flexibility index (Phi) is 3.09. The molecule has 0 saturated carbocycles. The Balaban J connectivity index is 1.86. The van der Waals surface area contributed by atoms with Gasteiger partial charge in [-0.1, -0.05) is 0 Å². The summed E-state index contributed by atoms with van der Waals surface area (Å²) in [4.78, 5) is 10.5. The van der Waals surface area contributed by atoms with E-state index in [2.05, 4.69) is 25.1 Å². The summed E-state index contributed by atoms with van der Waals surface area (Å²) < 4.78 is 24.6. The minimum absolute atomic E-state index is 0.0260. The van der Waals surface area contributed by atoms with Gasteiger partial charge in [0.2, 0.25) is 10.0 Å². The van der Waals surface area contributed by atoms with Crippen molar-refractivity contribution in [2.24, 2.45) is 0 Å². The van der Waals surface area contributed by atoms with E-state index in [1.807, 2.05) is 0 Å². The highest BCUT2D eigenvalue weighted by molar-refractivity contribution is 7.88. The van der Waals surface area contributed by atoms with Crippen LogP contribution in [0.3, 0.4) is 0 Å². The molecule has 0 amide bonds. The molecular weight excluding hydrogens is 280 g/mol. The van der Waals surface area contributed by atoms with Crippen LogP contribution in [0.4, 0.5) is 5.82 Å². The normalized spacial score (nSPS) is 20.1. The zero-order valence-electron chi connectivity index (χ0n) is 11.3. The number of likely N-dealkylation sites (N-methyl/N-ethyl adjacent to an activating group) is 1. The molecule has 1 saturated heterocycles. The molecule has 3 heterocycles. The molecule has 2 aromatic rings. The van der Waals surface area contributed by atoms with Gasteiger partial charge in [0.25, 0.3) is 0 Å². The molecular formula is C11H16N6O2S. The SMILES string of the molecule is CN(C1CCN(c2ncnc3[nH]ncc23)C1)S(C)(=O)=O. The van der Waals surface area contributed by atoms with Crippen molar-refractivity contribution in [2.45, 2.75) is 12.5 Å². The number of sulfonamides is 1. The Morgan fingerprint density at radius 3 is 3.00 bits per heavy atom. The molecule has 1 unspecified atom stereocenters. The molecule has 0 radical (unpaired) electrons. The van der Waals surface area contributed by atoms with Crippen LogP contribution in [0.1, 0.15) is 6.42 Å². The molecule has 20 heavy (non-hydrogen) atoms. The van der Waals surface area contributed by atoms with Gasteiger partial charge in [-0.25, -0.2) is 22.7 Å². The lowest BCUT2D eigenvalue weighted by Crippen LogP contribution is -2.38. The number of hydrogen-bond acceptors (Lipinski definition) is 6. The van der Waals surface area contributed by atoms with Crippen LogP contribution < -0.4 is 4.90 Å². The van der Waals surface area contributed by atoms with E-state index in [0.717, 1.165) is 24.2 Å². The van der Waals surface area contributed by atoms with Crippen molar-refractivity contribution in [1.82, 2.24) is 24.5 Å².